The van der Waals surface area contributed by atoms with E-state index in [4.69, 9.17) is 21.5 Å². The Hall–Kier alpha value is -3.12. The van der Waals surface area contributed by atoms with Crippen LogP contribution in [0.25, 0.3) is 11.1 Å². The van der Waals surface area contributed by atoms with Crippen molar-refractivity contribution in [2.75, 3.05) is 6.61 Å². The molecular weight excluding hydrogens is 438 g/mol. The zero-order chi connectivity index (χ0) is 23.6. The summed E-state index contributed by atoms with van der Waals surface area (Å²) in [6.45, 7) is 5.16. The molecule has 0 aliphatic carbocycles. The van der Waals surface area contributed by atoms with Gasteiger partial charge in [0.25, 0.3) is 0 Å². The molecule has 0 saturated heterocycles. The number of hydrogen-bond donors (Lipinski definition) is 1. The van der Waals surface area contributed by atoms with Gasteiger partial charge in [0.15, 0.2) is 5.15 Å². The zero-order valence-corrected chi connectivity index (χ0v) is 19.9. The van der Waals surface area contributed by atoms with Crippen molar-refractivity contribution >= 4 is 23.8 Å². The number of oxime groups is 1. The molecule has 2 aromatic carbocycles. The van der Waals surface area contributed by atoms with E-state index in [1.807, 2.05) is 47.0 Å². The number of esters is 1. The van der Waals surface area contributed by atoms with Crippen LogP contribution in [-0.2, 0) is 17.7 Å². The highest BCUT2D eigenvalue weighted by atomic mass is 35.5. The minimum Gasteiger partial charge on any atom is -0.462 e. The van der Waals surface area contributed by atoms with E-state index in [0.29, 0.717) is 29.6 Å². The van der Waals surface area contributed by atoms with Crippen LogP contribution in [-0.4, -0.2) is 33.5 Å². The van der Waals surface area contributed by atoms with Gasteiger partial charge < -0.3 is 14.5 Å². The molecule has 0 unspecified atom stereocenters. The molecule has 33 heavy (non-hydrogen) atoms. The summed E-state index contributed by atoms with van der Waals surface area (Å²) in [6, 6.07) is 15.5. The third-order valence-electron chi connectivity index (χ3n) is 5.46. The number of rotatable bonds is 11. The van der Waals surface area contributed by atoms with Gasteiger partial charge in [0, 0.05) is 13.0 Å². The highest BCUT2D eigenvalue weighted by Gasteiger charge is 2.16. The molecule has 3 rings (SSSR count). The fourth-order valence-corrected chi connectivity index (χ4v) is 3.88. The molecule has 0 spiro atoms. The van der Waals surface area contributed by atoms with Crippen LogP contribution >= 0.6 is 11.6 Å². The first-order valence-corrected chi connectivity index (χ1v) is 11.7. The number of carbonyl (C=O) groups excluding carboxylic acids is 1. The molecule has 6 nitrogen and oxygen atoms in total. The minimum absolute atomic E-state index is 0.301. The lowest BCUT2D eigenvalue weighted by Crippen LogP contribution is -2.09. The number of halogens is 1. The molecule has 0 amide bonds. The first-order valence-electron chi connectivity index (χ1n) is 11.4. The lowest BCUT2D eigenvalue weighted by molar-refractivity contribution is 0.0500. The average Bonchev–Trinajstić information content (AvgIpc) is 3.12. The van der Waals surface area contributed by atoms with E-state index in [-0.39, 0.29) is 5.97 Å². The first-order chi connectivity index (χ1) is 16.1. The second-order valence-corrected chi connectivity index (χ2v) is 8.23. The van der Waals surface area contributed by atoms with Crippen molar-refractivity contribution in [1.29, 1.82) is 0 Å². The third-order valence-corrected chi connectivity index (χ3v) is 5.74. The number of benzene rings is 2. The fraction of sp³-hybridized carbons (Fsp3) is 0.346. The summed E-state index contributed by atoms with van der Waals surface area (Å²) in [4.78, 5) is 17.0. The van der Waals surface area contributed by atoms with E-state index < -0.39 is 0 Å². The highest BCUT2D eigenvalue weighted by molar-refractivity contribution is 6.31. The van der Waals surface area contributed by atoms with Crippen molar-refractivity contribution in [3.8, 4) is 11.1 Å². The first kappa shape index (κ1) is 24.5. The van der Waals surface area contributed by atoms with Gasteiger partial charge in [-0.2, -0.15) is 0 Å². The van der Waals surface area contributed by atoms with Gasteiger partial charge in [-0.15, -0.1) is 0 Å². The molecular formula is C26H30ClN3O3. The van der Waals surface area contributed by atoms with Crippen LogP contribution in [0.15, 0.2) is 53.7 Å². The molecule has 0 saturated carbocycles. The van der Waals surface area contributed by atoms with Crippen LogP contribution in [0, 0.1) is 0 Å². The van der Waals surface area contributed by atoms with Crippen molar-refractivity contribution in [2.24, 2.45) is 5.16 Å². The summed E-state index contributed by atoms with van der Waals surface area (Å²) < 4.78 is 7.40. The van der Waals surface area contributed by atoms with Crippen LogP contribution < -0.4 is 0 Å². The lowest BCUT2D eigenvalue weighted by atomic mass is 9.98. The topological polar surface area (TPSA) is 76.7 Å². The Morgan fingerprint density at radius 1 is 1.12 bits per heavy atom. The smallest absolute Gasteiger partial charge is 0.338 e. The van der Waals surface area contributed by atoms with Crippen LogP contribution in [0.3, 0.4) is 0 Å². The van der Waals surface area contributed by atoms with Crippen LogP contribution in [0.2, 0.25) is 5.15 Å². The van der Waals surface area contributed by atoms with Gasteiger partial charge in [0.05, 0.1) is 18.4 Å². The van der Waals surface area contributed by atoms with Gasteiger partial charge in [0.2, 0.25) is 0 Å². The van der Waals surface area contributed by atoms with Crippen LogP contribution in [0.1, 0.15) is 67.0 Å². The van der Waals surface area contributed by atoms with Crippen molar-refractivity contribution in [3.63, 3.8) is 0 Å². The molecule has 1 aromatic heterocycles. The number of carbonyl (C=O) groups is 1. The van der Waals surface area contributed by atoms with E-state index in [1.54, 1.807) is 6.07 Å². The summed E-state index contributed by atoms with van der Waals surface area (Å²) in [7, 11) is 0. The van der Waals surface area contributed by atoms with Crippen molar-refractivity contribution < 1.29 is 14.7 Å². The molecule has 0 radical (unpaired) electrons. The van der Waals surface area contributed by atoms with Crippen molar-refractivity contribution in [2.45, 2.75) is 52.5 Å². The van der Waals surface area contributed by atoms with E-state index in [0.717, 1.165) is 54.6 Å². The summed E-state index contributed by atoms with van der Waals surface area (Å²) in [5.41, 5.74) is 3.96. The van der Waals surface area contributed by atoms with Crippen LogP contribution in [0.4, 0.5) is 0 Å². The minimum atomic E-state index is -0.301. The molecule has 174 valence electrons. The quantitative estimate of drug-likeness (QED) is 0.117. The molecule has 0 aliphatic heterocycles. The van der Waals surface area contributed by atoms with Gasteiger partial charge in [0.1, 0.15) is 11.5 Å². The van der Waals surface area contributed by atoms with E-state index in [1.165, 1.54) is 6.21 Å². The fourth-order valence-electron chi connectivity index (χ4n) is 3.63. The van der Waals surface area contributed by atoms with Crippen molar-refractivity contribution in [3.05, 3.63) is 76.3 Å². The Kier molecular flexibility index (Phi) is 9.07. The molecule has 0 aliphatic rings. The molecule has 1 N–H and O–H groups in total. The Balaban J connectivity index is 1.85. The average molecular weight is 468 g/mol. The number of hydrogen-bond acceptors (Lipinski definition) is 5. The van der Waals surface area contributed by atoms with E-state index >= 15 is 0 Å². The predicted molar refractivity (Wildman–Crippen MR) is 131 cm³/mol. The second-order valence-electron chi connectivity index (χ2n) is 7.87. The highest BCUT2D eigenvalue weighted by Crippen LogP contribution is 2.26. The number of imidazole rings is 1. The Morgan fingerprint density at radius 3 is 2.55 bits per heavy atom. The largest absolute Gasteiger partial charge is 0.462 e. The summed E-state index contributed by atoms with van der Waals surface area (Å²) in [5, 5.41) is 12.5. The maximum atomic E-state index is 12.6. The maximum absolute atomic E-state index is 12.6. The number of ether oxygens (including phenoxy) is 1. The molecule has 7 heteroatoms. The maximum Gasteiger partial charge on any atom is 0.338 e. The molecule has 0 atom stereocenters. The predicted octanol–water partition coefficient (Wildman–Crippen LogP) is 6.36. The summed E-state index contributed by atoms with van der Waals surface area (Å²) >= 11 is 6.29. The lowest BCUT2D eigenvalue weighted by Gasteiger charge is -2.12. The van der Waals surface area contributed by atoms with E-state index in [9.17, 15) is 4.79 Å². The zero-order valence-electron chi connectivity index (χ0n) is 19.1. The Bertz CT molecular complexity index is 1090. The Labute approximate surface area is 199 Å². The monoisotopic (exact) mass is 467 g/mol. The molecule has 0 bridgehead atoms. The summed E-state index contributed by atoms with van der Waals surface area (Å²) in [5.74, 6) is 0.561. The van der Waals surface area contributed by atoms with Crippen molar-refractivity contribution in [1.82, 2.24) is 9.55 Å². The summed E-state index contributed by atoms with van der Waals surface area (Å²) in [6.07, 6.45) is 5.98. The molecule has 0 fully saturated rings. The standard InChI is InChI=1S/C26H30ClN3O3/c1-3-5-11-24-29-25(27)23(17-28-32)30(24)18-19-12-14-20(15-13-19)21-9-7-8-10-22(21)26(31)33-16-6-4-2/h7-10,12-15,17,32H,3-6,11,16,18H2,1-2H3. The normalized spacial score (nSPS) is 11.2. The Morgan fingerprint density at radius 2 is 1.85 bits per heavy atom. The van der Waals surface area contributed by atoms with Gasteiger partial charge in [-0.3, -0.25) is 0 Å². The van der Waals surface area contributed by atoms with Gasteiger partial charge in [-0.1, -0.05) is 85.9 Å². The number of unbranched alkanes of at least 4 members (excludes halogenated alkanes) is 2. The second kappa shape index (κ2) is 12.2. The molecule has 3 aromatic rings. The van der Waals surface area contributed by atoms with Gasteiger partial charge in [-0.05, 0) is 35.6 Å². The van der Waals surface area contributed by atoms with E-state index in [2.05, 4.69) is 24.0 Å². The third kappa shape index (κ3) is 6.23. The number of aryl methyl sites for hydroxylation is 1. The van der Waals surface area contributed by atoms with Gasteiger partial charge >= 0.3 is 5.97 Å². The number of nitrogens with zero attached hydrogens (tertiary/aromatic N) is 3. The van der Waals surface area contributed by atoms with Crippen LogP contribution in [0.5, 0.6) is 0 Å². The van der Waals surface area contributed by atoms with Gasteiger partial charge in [-0.25, -0.2) is 9.78 Å². The number of aromatic nitrogens is 2. The molecule has 1 heterocycles. The SMILES string of the molecule is CCCCOC(=O)c1ccccc1-c1ccc(Cn2c(CCCC)nc(Cl)c2C=NO)cc1.